The van der Waals surface area contributed by atoms with E-state index in [9.17, 15) is 0 Å². The first-order valence-electron chi connectivity index (χ1n) is 7.02. The van der Waals surface area contributed by atoms with Crippen molar-refractivity contribution in [3.05, 3.63) is 0 Å². The molecule has 0 fully saturated rings. The van der Waals surface area contributed by atoms with Gasteiger partial charge in [0.25, 0.3) is 0 Å². The zero-order valence-corrected chi connectivity index (χ0v) is 12.5. The average molecular weight is 244 g/mol. The first-order chi connectivity index (χ1) is 8.14. The summed E-state index contributed by atoms with van der Waals surface area (Å²) in [6.07, 6.45) is 3.61. The lowest BCUT2D eigenvalue weighted by atomic mass is 9.81. The highest BCUT2D eigenvalue weighted by Crippen LogP contribution is 2.26. The average Bonchev–Trinajstić information content (AvgIpc) is 2.35. The number of hydrogen-bond acceptors (Lipinski definition) is 3. The predicted octanol–water partition coefficient (Wildman–Crippen LogP) is 2.37. The molecule has 0 rings (SSSR count). The Morgan fingerprint density at radius 2 is 1.82 bits per heavy atom. The molecular weight excluding hydrogens is 212 g/mol. The molecule has 0 bridgehead atoms. The minimum absolute atomic E-state index is 0.428. The van der Waals surface area contributed by atoms with Gasteiger partial charge in [0.1, 0.15) is 0 Å². The number of nitrogens with one attached hydrogen (secondary N) is 1. The van der Waals surface area contributed by atoms with Crippen LogP contribution in [0.2, 0.25) is 0 Å². The third-order valence-corrected chi connectivity index (χ3v) is 3.74. The smallest absolute Gasteiger partial charge is 0.0474 e. The Labute approximate surface area is 108 Å². The summed E-state index contributed by atoms with van der Waals surface area (Å²) >= 11 is 0. The first-order valence-corrected chi connectivity index (χ1v) is 7.02. The maximum Gasteiger partial charge on any atom is 0.0474 e. The second-order valence-corrected chi connectivity index (χ2v) is 5.07. The second-order valence-electron chi connectivity index (χ2n) is 5.07. The van der Waals surface area contributed by atoms with Gasteiger partial charge in [-0.05, 0) is 38.3 Å². The summed E-state index contributed by atoms with van der Waals surface area (Å²) in [5.41, 5.74) is 0.428. The van der Waals surface area contributed by atoms with Crippen LogP contribution in [-0.2, 0) is 4.74 Å². The van der Waals surface area contributed by atoms with E-state index in [-0.39, 0.29) is 0 Å². The molecule has 17 heavy (non-hydrogen) atoms. The van der Waals surface area contributed by atoms with Crippen molar-refractivity contribution >= 4 is 0 Å². The van der Waals surface area contributed by atoms with Gasteiger partial charge in [0, 0.05) is 33.4 Å². The Kier molecular flexibility index (Phi) is 9.79. The summed E-state index contributed by atoms with van der Waals surface area (Å²) in [6, 6.07) is 0. The molecular formula is C14H32N2O. The maximum atomic E-state index is 5.10. The first kappa shape index (κ1) is 16.9. The van der Waals surface area contributed by atoms with E-state index in [2.05, 4.69) is 38.0 Å². The van der Waals surface area contributed by atoms with Crippen LogP contribution in [0.3, 0.4) is 0 Å². The van der Waals surface area contributed by atoms with Gasteiger partial charge in [-0.1, -0.05) is 20.8 Å². The van der Waals surface area contributed by atoms with Gasteiger partial charge < -0.3 is 15.0 Å². The lowest BCUT2D eigenvalue weighted by Crippen LogP contribution is -2.42. The van der Waals surface area contributed by atoms with E-state index in [0.29, 0.717) is 5.41 Å². The lowest BCUT2D eigenvalue weighted by molar-refractivity contribution is 0.136. The van der Waals surface area contributed by atoms with E-state index in [1.165, 1.54) is 19.4 Å². The molecule has 0 aromatic carbocycles. The van der Waals surface area contributed by atoms with E-state index < -0.39 is 0 Å². The number of nitrogens with zero attached hydrogens (tertiary/aromatic N) is 1. The third-order valence-electron chi connectivity index (χ3n) is 3.74. The minimum Gasteiger partial charge on any atom is -0.385 e. The molecule has 104 valence electrons. The summed E-state index contributed by atoms with van der Waals surface area (Å²) < 4.78 is 5.10. The molecule has 0 aromatic heterocycles. The van der Waals surface area contributed by atoms with Crippen molar-refractivity contribution in [1.82, 2.24) is 10.2 Å². The predicted molar refractivity (Wildman–Crippen MR) is 75.5 cm³/mol. The molecule has 0 heterocycles. The molecule has 0 atom stereocenters. The summed E-state index contributed by atoms with van der Waals surface area (Å²) in [6.45, 7) is 12.2. The van der Waals surface area contributed by atoms with Crippen molar-refractivity contribution in [3.63, 3.8) is 0 Å². The van der Waals surface area contributed by atoms with Gasteiger partial charge in [-0.25, -0.2) is 0 Å². The van der Waals surface area contributed by atoms with E-state index in [1.54, 1.807) is 7.11 Å². The van der Waals surface area contributed by atoms with Crippen molar-refractivity contribution in [2.45, 2.75) is 40.0 Å². The fourth-order valence-corrected chi connectivity index (χ4v) is 2.30. The van der Waals surface area contributed by atoms with Crippen LogP contribution in [-0.4, -0.2) is 51.8 Å². The van der Waals surface area contributed by atoms with Gasteiger partial charge in [-0.3, -0.25) is 0 Å². The second kappa shape index (κ2) is 9.86. The number of rotatable bonds is 11. The highest BCUT2D eigenvalue weighted by atomic mass is 16.5. The molecule has 1 N–H and O–H groups in total. The fourth-order valence-electron chi connectivity index (χ4n) is 2.30. The van der Waals surface area contributed by atoms with Gasteiger partial charge in [0.15, 0.2) is 0 Å². The van der Waals surface area contributed by atoms with Crippen molar-refractivity contribution in [2.24, 2.45) is 5.41 Å². The largest absolute Gasteiger partial charge is 0.385 e. The van der Waals surface area contributed by atoms with E-state index in [4.69, 9.17) is 4.74 Å². The highest BCUT2D eigenvalue weighted by molar-refractivity contribution is 4.82. The number of methoxy groups -OCH3 is 1. The van der Waals surface area contributed by atoms with Crippen molar-refractivity contribution in [3.8, 4) is 0 Å². The molecule has 0 saturated heterocycles. The summed E-state index contributed by atoms with van der Waals surface area (Å²) in [7, 11) is 4.00. The number of hydrogen-bond donors (Lipinski definition) is 1. The monoisotopic (exact) mass is 244 g/mol. The molecule has 0 amide bonds. The van der Waals surface area contributed by atoms with Gasteiger partial charge >= 0.3 is 0 Å². The SMILES string of the molecule is CCNCC(CC)(CC)CN(C)CCCOC. The van der Waals surface area contributed by atoms with E-state index in [1.807, 2.05) is 0 Å². The zero-order valence-electron chi connectivity index (χ0n) is 12.5. The quantitative estimate of drug-likeness (QED) is 0.565. The van der Waals surface area contributed by atoms with Gasteiger partial charge in [0.2, 0.25) is 0 Å². The summed E-state index contributed by atoms with van der Waals surface area (Å²) in [4.78, 5) is 2.45. The molecule has 0 aliphatic carbocycles. The van der Waals surface area contributed by atoms with Crippen LogP contribution < -0.4 is 5.32 Å². The molecule has 0 spiro atoms. The fraction of sp³-hybridized carbons (Fsp3) is 1.00. The van der Waals surface area contributed by atoms with Crippen LogP contribution in [0.4, 0.5) is 0 Å². The standard InChI is InChI=1S/C14H32N2O/c1-6-14(7-2,12-15-8-3)13-16(4)10-9-11-17-5/h15H,6-13H2,1-5H3. The Morgan fingerprint density at radius 3 is 2.29 bits per heavy atom. The third kappa shape index (κ3) is 7.02. The molecule has 0 saturated carbocycles. The van der Waals surface area contributed by atoms with E-state index in [0.717, 1.165) is 32.7 Å². The maximum absolute atomic E-state index is 5.10. The Bertz CT molecular complexity index is 170. The Morgan fingerprint density at radius 1 is 1.18 bits per heavy atom. The van der Waals surface area contributed by atoms with Crippen LogP contribution in [0.25, 0.3) is 0 Å². The van der Waals surface area contributed by atoms with Crippen LogP contribution in [0.15, 0.2) is 0 Å². The zero-order chi connectivity index (χ0) is 13.1. The van der Waals surface area contributed by atoms with Crippen LogP contribution in [0.1, 0.15) is 40.0 Å². The van der Waals surface area contributed by atoms with Crippen LogP contribution in [0, 0.1) is 5.41 Å². The molecule has 0 aliphatic heterocycles. The molecule has 0 aliphatic rings. The molecule has 0 unspecified atom stereocenters. The molecule has 0 radical (unpaired) electrons. The van der Waals surface area contributed by atoms with Crippen molar-refractivity contribution in [2.75, 3.05) is 46.9 Å². The van der Waals surface area contributed by atoms with Crippen LogP contribution in [0.5, 0.6) is 0 Å². The Hall–Kier alpha value is -0.120. The summed E-state index contributed by atoms with van der Waals surface area (Å²) in [5.74, 6) is 0. The Balaban J connectivity index is 4.12. The summed E-state index contributed by atoms with van der Waals surface area (Å²) in [5, 5.41) is 3.51. The lowest BCUT2D eigenvalue weighted by Gasteiger charge is -2.36. The minimum atomic E-state index is 0.428. The topological polar surface area (TPSA) is 24.5 Å². The van der Waals surface area contributed by atoms with Gasteiger partial charge in [-0.2, -0.15) is 0 Å². The van der Waals surface area contributed by atoms with Crippen molar-refractivity contribution < 1.29 is 4.74 Å². The van der Waals surface area contributed by atoms with Gasteiger partial charge in [-0.15, -0.1) is 0 Å². The van der Waals surface area contributed by atoms with Gasteiger partial charge in [0.05, 0.1) is 0 Å². The molecule has 0 aromatic rings. The highest BCUT2D eigenvalue weighted by Gasteiger charge is 2.26. The number of ether oxygens (including phenoxy) is 1. The molecule has 3 nitrogen and oxygen atoms in total. The van der Waals surface area contributed by atoms with E-state index >= 15 is 0 Å². The van der Waals surface area contributed by atoms with Crippen LogP contribution >= 0.6 is 0 Å². The molecule has 3 heteroatoms. The normalized spacial score (nSPS) is 12.4. The van der Waals surface area contributed by atoms with Crippen molar-refractivity contribution in [1.29, 1.82) is 0 Å².